The van der Waals surface area contributed by atoms with E-state index in [0.717, 1.165) is 23.7 Å². The molecule has 4 nitrogen and oxygen atoms in total. The number of aliphatic hydroxyl groups is 1. The Balaban J connectivity index is 1.65. The van der Waals surface area contributed by atoms with Crippen molar-refractivity contribution in [1.29, 1.82) is 0 Å². The maximum Gasteiger partial charge on any atom is 0.177 e. The Kier molecular flexibility index (Phi) is 3.34. The van der Waals surface area contributed by atoms with Crippen LogP contribution in [0.2, 0.25) is 0 Å². The Morgan fingerprint density at radius 2 is 2.33 bits per heavy atom. The first-order valence-electron chi connectivity index (χ1n) is 6.47. The van der Waals surface area contributed by atoms with E-state index >= 15 is 0 Å². The molecule has 0 amide bonds. The van der Waals surface area contributed by atoms with Gasteiger partial charge in [-0.3, -0.25) is 4.79 Å². The zero-order valence-corrected chi connectivity index (χ0v) is 11.7. The second kappa shape index (κ2) is 4.71. The first-order chi connectivity index (χ1) is 8.69. The van der Waals surface area contributed by atoms with Crippen LogP contribution in [0.4, 0.5) is 0 Å². The number of unbranched alkanes of at least 4 members (excludes halogenated alkanes) is 1. The Bertz CT molecular complexity index is 388. The van der Waals surface area contributed by atoms with Crippen LogP contribution in [0.1, 0.15) is 19.3 Å². The Hall–Kier alpha value is -0.230. The van der Waals surface area contributed by atoms with Crippen LogP contribution in [0.5, 0.6) is 0 Å². The molecule has 2 fully saturated rings. The Labute approximate surface area is 114 Å². The fourth-order valence-corrected chi connectivity index (χ4v) is 3.88. The summed E-state index contributed by atoms with van der Waals surface area (Å²) in [5.41, 5.74) is -0.525. The molecule has 1 saturated carbocycles. The second-order valence-corrected chi connectivity index (χ2v) is 6.16. The molecule has 5 heteroatoms. The molecule has 4 aliphatic rings. The maximum atomic E-state index is 12.3. The van der Waals surface area contributed by atoms with E-state index in [1.807, 2.05) is 6.08 Å². The van der Waals surface area contributed by atoms with Gasteiger partial charge in [0.15, 0.2) is 11.4 Å². The van der Waals surface area contributed by atoms with Crippen LogP contribution in [-0.2, 0) is 14.3 Å². The van der Waals surface area contributed by atoms with Gasteiger partial charge < -0.3 is 14.6 Å². The van der Waals surface area contributed by atoms with Crippen LogP contribution in [0.15, 0.2) is 10.6 Å². The minimum atomic E-state index is -0.525. The van der Waals surface area contributed by atoms with Gasteiger partial charge in [-0.05, 0) is 23.7 Å². The topological polar surface area (TPSA) is 59.1 Å². The number of hydrogen-bond acceptors (Lipinski definition) is 4. The molecule has 1 N–H and O–H groups in total. The Morgan fingerprint density at radius 1 is 1.56 bits per heavy atom. The minimum Gasteiger partial charge on any atom is -0.396 e. The molecule has 0 aromatic carbocycles. The number of ether oxygens (including phenoxy) is 2. The lowest BCUT2D eigenvalue weighted by Crippen LogP contribution is -2.53. The number of carbonyl (C=O) groups is 1. The first kappa shape index (κ1) is 12.8. The SMILES string of the molecule is O=C1[C@H]2C=C(Br)[C@H](C[C@@H]2OCCCCO)[C@@]12CO2. The van der Waals surface area contributed by atoms with Gasteiger partial charge in [-0.1, -0.05) is 22.0 Å². The van der Waals surface area contributed by atoms with Crippen molar-refractivity contribution in [1.82, 2.24) is 0 Å². The predicted molar refractivity (Wildman–Crippen MR) is 68.4 cm³/mol. The summed E-state index contributed by atoms with van der Waals surface area (Å²) in [7, 11) is 0. The quantitative estimate of drug-likeness (QED) is 0.615. The number of hydrogen-bond donors (Lipinski definition) is 1. The van der Waals surface area contributed by atoms with Gasteiger partial charge in [0.25, 0.3) is 0 Å². The van der Waals surface area contributed by atoms with Gasteiger partial charge >= 0.3 is 0 Å². The van der Waals surface area contributed by atoms with Crippen molar-refractivity contribution in [2.75, 3.05) is 19.8 Å². The van der Waals surface area contributed by atoms with Gasteiger partial charge in [0.05, 0.1) is 18.6 Å². The summed E-state index contributed by atoms with van der Waals surface area (Å²) in [6.45, 7) is 1.37. The smallest absolute Gasteiger partial charge is 0.177 e. The highest BCUT2D eigenvalue weighted by molar-refractivity contribution is 9.11. The summed E-state index contributed by atoms with van der Waals surface area (Å²) in [4.78, 5) is 12.3. The number of aliphatic hydroxyl groups excluding tert-OH is 1. The fraction of sp³-hybridized carbons (Fsp3) is 0.769. The third-order valence-electron chi connectivity index (χ3n) is 4.16. The molecule has 1 saturated heterocycles. The summed E-state index contributed by atoms with van der Waals surface area (Å²) < 4.78 is 12.3. The van der Waals surface area contributed by atoms with Crippen molar-refractivity contribution in [2.24, 2.45) is 11.8 Å². The summed E-state index contributed by atoms with van der Waals surface area (Å²) in [5.74, 6) is 0.160. The molecule has 1 aliphatic heterocycles. The first-order valence-corrected chi connectivity index (χ1v) is 7.26. The summed E-state index contributed by atoms with van der Waals surface area (Å²) in [6.07, 6.45) is 4.41. The van der Waals surface area contributed by atoms with E-state index in [9.17, 15) is 4.79 Å². The largest absolute Gasteiger partial charge is 0.396 e. The molecular weight excluding hydrogens is 300 g/mol. The van der Waals surface area contributed by atoms with Gasteiger partial charge in [-0.25, -0.2) is 0 Å². The minimum absolute atomic E-state index is 0.0164. The molecule has 18 heavy (non-hydrogen) atoms. The lowest BCUT2D eigenvalue weighted by Gasteiger charge is -2.42. The van der Waals surface area contributed by atoms with E-state index in [4.69, 9.17) is 14.6 Å². The van der Waals surface area contributed by atoms with Crippen molar-refractivity contribution >= 4 is 21.7 Å². The average molecular weight is 317 g/mol. The lowest BCUT2D eigenvalue weighted by molar-refractivity contribution is -0.140. The maximum absolute atomic E-state index is 12.3. The summed E-state index contributed by atoms with van der Waals surface area (Å²) in [6, 6.07) is 0. The van der Waals surface area contributed by atoms with E-state index in [-0.39, 0.29) is 30.3 Å². The molecule has 1 heterocycles. The molecule has 0 aromatic rings. The predicted octanol–water partition coefficient (Wildman–Crippen LogP) is 1.41. The van der Waals surface area contributed by atoms with Gasteiger partial charge in [-0.15, -0.1) is 0 Å². The molecule has 1 spiro atoms. The van der Waals surface area contributed by atoms with Crippen LogP contribution in [0.25, 0.3) is 0 Å². The molecule has 3 aliphatic carbocycles. The van der Waals surface area contributed by atoms with Crippen LogP contribution in [-0.4, -0.2) is 42.4 Å². The number of Topliss-reactive ketones (excluding diaryl/α,β-unsaturated/α-hetero) is 1. The van der Waals surface area contributed by atoms with Crippen molar-refractivity contribution in [3.05, 3.63) is 10.6 Å². The monoisotopic (exact) mass is 316 g/mol. The third-order valence-corrected chi connectivity index (χ3v) is 4.98. The summed E-state index contributed by atoms with van der Waals surface area (Å²) in [5, 5.41) is 8.72. The molecule has 4 rings (SSSR count). The molecule has 2 bridgehead atoms. The second-order valence-electron chi connectivity index (χ2n) is 5.25. The van der Waals surface area contributed by atoms with Crippen LogP contribution >= 0.6 is 15.9 Å². The normalized spacial score (nSPS) is 41.3. The van der Waals surface area contributed by atoms with Crippen molar-refractivity contribution in [2.45, 2.75) is 31.0 Å². The van der Waals surface area contributed by atoms with Crippen molar-refractivity contribution in [3.8, 4) is 0 Å². The fourth-order valence-electron chi connectivity index (χ4n) is 3.04. The molecule has 100 valence electrons. The van der Waals surface area contributed by atoms with Crippen LogP contribution in [0, 0.1) is 11.8 Å². The molecule has 0 unspecified atom stereocenters. The van der Waals surface area contributed by atoms with Crippen molar-refractivity contribution in [3.63, 3.8) is 0 Å². The number of epoxide rings is 1. The number of rotatable bonds is 5. The van der Waals surface area contributed by atoms with Gasteiger partial charge in [0, 0.05) is 19.1 Å². The molecule has 4 atom stereocenters. The van der Waals surface area contributed by atoms with E-state index in [0.29, 0.717) is 13.2 Å². The van der Waals surface area contributed by atoms with Gasteiger partial charge in [-0.2, -0.15) is 0 Å². The van der Waals surface area contributed by atoms with E-state index < -0.39 is 5.60 Å². The highest BCUT2D eigenvalue weighted by atomic mass is 79.9. The standard InChI is InChI=1S/C13H17BrO4/c14-10-5-8-11(17-4-2-1-3-15)6-9(10)13(7-18-13)12(8)16/h5,8-9,11,15H,1-4,6-7H2/t8-,9-,11-,13-/m0/s1. The zero-order chi connectivity index (χ0) is 12.8. The molecular formula is C13H17BrO4. The molecule has 0 radical (unpaired) electrons. The number of carbonyl (C=O) groups excluding carboxylic acids is 1. The lowest BCUT2D eigenvalue weighted by atomic mass is 9.66. The zero-order valence-electron chi connectivity index (χ0n) is 10.1. The van der Waals surface area contributed by atoms with Gasteiger partial charge in [0.2, 0.25) is 0 Å². The van der Waals surface area contributed by atoms with Gasteiger partial charge in [0.1, 0.15) is 0 Å². The highest BCUT2D eigenvalue weighted by Gasteiger charge is 2.66. The number of halogens is 1. The highest BCUT2D eigenvalue weighted by Crippen LogP contribution is 2.55. The number of ketones is 1. The van der Waals surface area contributed by atoms with Crippen LogP contribution < -0.4 is 0 Å². The number of fused-ring (bicyclic) bond motifs is 1. The van der Waals surface area contributed by atoms with E-state index in [1.54, 1.807) is 0 Å². The van der Waals surface area contributed by atoms with Crippen molar-refractivity contribution < 1.29 is 19.4 Å². The van der Waals surface area contributed by atoms with Crippen LogP contribution in [0.3, 0.4) is 0 Å². The third kappa shape index (κ3) is 1.88. The summed E-state index contributed by atoms with van der Waals surface area (Å²) >= 11 is 3.55. The average Bonchev–Trinajstić information content (AvgIpc) is 3.14. The molecule has 0 aromatic heterocycles. The van der Waals surface area contributed by atoms with E-state index in [1.165, 1.54) is 0 Å². The Morgan fingerprint density at radius 3 is 3.00 bits per heavy atom. The van der Waals surface area contributed by atoms with E-state index in [2.05, 4.69) is 15.9 Å².